The number of rotatable bonds is 2. The first kappa shape index (κ1) is 14.3. The molecular formula is C12H14N2O5S. The molecule has 1 heterocycles. The molecule has 3 N–H and O–H groups in total. The predicted octanol–water partition coefficient (Wildman–Crippen LogP) is -0.366. The van der Waals surface area contributed by atoms with Gasteiger partial charge in [-0.1, -0.05) is 6.07 Å². The summed E-state index contributed by atoms with van der Waals surface area (Å²) >= 11 is 0. The molecule has 1 unspecified atom stereocenters. The quantitative estimate of drug-likeness (QED) is 0.645. The summed E-state index contributed by atoms with van der Waals surface area (Å²) in [6, 6.07) is 5.24. The monoisotopic (exact) mass is 298 g/mol. The van der Waals surface area contributed by atoms with E-state index in [4.69, 9.17) is 0 Å². The topological polar surface area (TPSA) is 113 Å². The van der Waals surface area contributed by atoms with Crippen LogP contribution in [0.2, 0.25) is 0 Å². The van der Waals surface area contributed by atoms with Gasteiger partial charge in [-0.05, 0) is 18.6 Å². The number of amides is 2. The van der Waals surface area contributed by atoms with Crippen LogP contribution in [-0.4, -0.2) is 42.9 Å². The highest BCUT2D eigenvalue weighted by atomic mass is 32.2. The Morgan fingerprint density at radius 1 is 1.25 bits per heavy atom. The summed E-state index contributed by atoms with van der Waals surface area (Å²) in [7, 11) is -3.11. The lowest BCUT2D eigenvalue weighted by atomic mass is 10.2. The van der Waals surface area contributed by atoms with Crippen molar-refractivity contribution in [1.29, 1.82) is 0 Å². The van der Waals surface area contributed by atoms with Crippen molar-refractivity contribution in [2.75, 3.05) is 16.8 Å². The second-order valence-corrected chi connectivity index (χ2v) is 6.81. The molecule has 0 spiro atoms. The minimum atomic E-state index is -3.11. The molecule has 0 aromatic heterocycles. The number of phenolic OH excluding ortho intramolecular Hbond substituents is 1. The first-order valence-corrected chi connectivity index (χ1v) is 7.79. The van der Waals surface area contributed by atoms with Crippen molar-refractivity contribution in [3.63, 3.8) is 0 Å². The Morgan fingerprint density at radius 2 is 2.00 bits per heavy atom. The van der Waals surface area contributed by atoms with Gasteiger partial charge in [0.1, 0.15) is 5.75 Å². The number of aromatic hydroxyl groups is 1. The normalized spacial score (nSPS) is 20.3. The molecule has 1 aromatic rings. The van der Waals surface area contributed by atoms with E-state index in [2.05, 4.69) is 10.6 Å². The summed E-state index contributed by atoms with van der Waals surface area (Å²) in [5.74, 6) is -1.95. The molecule has 0 saturated carbocycles. The Balaban J connectivity index is 1.91. The zero-order chi connectivity index (χ0) is 14.8. The summed E-state index contributed by atoms with van der Waals surface area (Å²) in [6.45, 7) is 0. The van der Waals surface area contributed by atoms with E-state index < -0.39 is 27.7 Å². The van der Waals surface area contributed by atoms with Gasteiger partial charge >= 0.3 is 11.8 Å². The van der Waals surface area contributed by atoms with E-state index in [-0.39, 0.29) is 22.9 Å². The summed E-state index contributed by atoms with van der Waals surface area (Å²) in [5.41, 5.74) is 0.282. The van der Waals surface area contributed by atoms with Gasteiger partial charge in [0.15, 0.2) is 9.84 Å². The number of hydrogen-bond donors (Lipinski definition) is 3. The largest absolute Gasteiger partial charge is 0.508 e. The van der Waals surface area contributed by atoms with Crippen LogP contribution in [0.4, 0.5) is 5.69 Å². The van der Waals surface area contributed by atoms with Crippen LogP contribution >= 0.6 is 0 Å². The Hall–Kier alpha value is -2.09. The number of anilines is 1. The third-order valence-corrected chi connectivity index (χ3v) is 4.65. The van der Waals surface area contributed by atoms with E-state index >= 15 is 0 Å². The van der Waals surface area contributed by atoms with E-state index in [0.717, 1.165) is 0 Å². The number of carbonyl (C=O) groups excluding carboxylic acids is 2. The fourth-order valence-electron chi connectivity index (χ4n) is 1.93. The third-order valence-electron chi connectivity index (χ3n) is 2.88. The molecule has 0 bridgehead atoms. The highest BCUT2D eigenvalue weighted by Crippen LogP contribution is 2.15. The van der Waals surface area contributed by atoms with E-state index in [0.29, 0.717) is 6.42 Å². The molecule has 0 aliphatic carbocycles. The van der Waals surface area contributed by atoms with Gasteiger partial charge in [-0.15, -0.1) is 0 Å². The number of benzene rings is 1. The average molecular weight is 298 g/mol. The summed E-state index contributed by atoms with van der Waals surface area (Å²) in [5, 5.41) is 13.9. The lowest BCUT2D eigenvalue weighted by molar-refractivity contribution is -0.136. The van der Waals surface area contributed by atoms with Crippen LogP contribution in [0.1, 0.15) is 6.42 Å². The van der Waals surface area contributed by atoms with Gasteiger partial charge in [-0.3, -0.25) is 9.59 Å². The summed E-state index contributed by atoms with van der Waals surface area (Å²) in [4.78, 5) is 23.2. The van der Waals surface area contributed by atoms with Gasteiger partial charge in [-0.25, -0.2) is 8.42 Å². The van der Waals surface area contributed by atoms with Gasteiger partial charge in [0.25, 0.3) is 0 Å². The van der Waals surface area contributed by atoms with Crippen molar-refractivity contribution < 1.29 is 23.1 Å². The van der Waals surface area contributed by atoms with Gasteiger partial charge in [0, 0.05) is 17.8 Å². The van der Waals surface area contributed by atoms with Crippen LogP contribution in [0.3, 0.4) is 0 Å². The Bertz CT molecular complexity index is 641. The molecule has 2 rings (SSSR count). The average Bonchev–Trinajstić information content (AvgIpc) is 2.68. The molecule has 108 valence electrons. The van der Waals surface area contributed by atoms with E-state index in [1.54, 1.807) is 0 Å². The molecule has 20 heavy (non-hydrogen) atoms. The molecule has 7 nitrogen and oxygen atoms in total. The lowest BCUT2D eigenvalue weighted by Crippen LogP contribution is -2.42. The van der Waals surface area contributed by atoms with Crippen LogP contribution in [0.5, 0.6) is 5.75 Å². The van der Waals surface area contributed by atoms with Crippen molar-refractivity contribution in [3.8, 4) is 5.75 Å². The number of sulfone groups is 1. The smallest absolute Gasteiger partial charge is 0.313 e. The molecule has 1 aromatic carbocycles. The van der Waals surface area contributed by atoms with E-state index in [1.165, 1.54) is 24.3 Å². The minimum absolute atomic E-state index is 0.0200. The van der Waals surface area contributed by atoms with Crippen LogP contribution in [-0.2, 0) is 19.4 Å². The van der Waals surface area contributed by atoms with Crippen molar-refractivity contribution in [2.24, 2.45) is 0 Å². The van der Waals surface area contributed by atoms with Gasteiger partial charge < -0.3 is 15.7 Å². The number of carbonyl (C=O) groups is 2. The Kier molecular flexibility index (Phi) is 3.93. The second-order valence-electron chi connectivity index (χ2n) is 4.58. The zero-order valence-corrected chi connectivity index (χ0v) is 11.3. The molecular weight excluding hydrogens is 284 g/mol. The van der Waals surface area contributed by atoms with E-state index in [9.17, 15) is 23.1 Å². The van der Waals surface area contributed by atoms with Crippen LogP contribution in [0, 0.1) is 0 Å². The number of nitrogens with one attached hydrogen (secondary N) is 2. The van der Waals surface area contributed by atoms with Crippen LogP contribution < -0.4 is 10.6 Å². The van der Waals surface area contributed by atoms with Gasteiger partial charge in [-0.2, -0.15) is 0 Å². The molecule has 0 radical (unpaired) electrons. The summed E-state index contributed by atoms with van der Waals surface area (Å²) < 4.78 is 22.5. The van der Waals surface area contributed by atoms with E-state index in [1.807, 2.05) is 0 Å². The molecule has 1 aliphatic rings. The maximum atomic E-state index is 11.6. The minimum Gasteiger partial charge on any atom is -0.508 e. The fourth-order valence-corrected chi connectivity index (χ4v) is 3.60. The first-order valence-electron chi connectivity index (χ1n) is 5.97. The Morgan fingerprint density at radius 3 is 2.60 bits per heavy atom. The van der Waals surface area contributed by atoms with Crippen LogP contribution in [0.15, 0.2) is 24.3 Å². The Labute approximate surface area is 115 Å². The highest BCUT2D eigenvalue weighted by molar-refractivity contribution is 7.91. The fraction of sp³-hybridized carbons (Fsp3) is 0.333. The molecule has 1 atom stereocenters. The van der Waals surface area contributed by atoms with Gasteiger partial charge in [0.05, 0.1) is 11.5 Å². The first-order chi connectivity index (χ1) is 9.35. The maximum absolute atomic E-state index is 11.6. The number of phenols is 1. The molecule has 1 aliphatic heterocycles. The van der Waals surface area contributed by atoms with Crippen molar-refractivity contribution in [2.45, 2.75) is 12.5 Å². The molecule has 1 saturated heterocycles. The van der Waals surface area contributed by atoms with Crippen molar-refractivity contribution >= 4 is 27.3 Å². The molecule has 8 heteroatoms. The lowest BCUT2D eigenvalue weighted by Gasteiger charge is -2.10. The van der Waals surface area contributed by atoms with Crippen molar-refractivity contribution in [1.82, 2.24) is 5.32 Å². The molecule has 1 fully saturated rings. The highest BCUT2D eigenvalue weighted by Gasteiger charge is 2.30. The summed E-state index contributed by atoms with van der Waals surface area (Å²) in [6.07, 6.45) is 0.313. The zero-order valence-electron chi connectivity index (χ0n) is 10.5. The molecule has 2 amide bonds. The van der Waals surface area contributed by atoms with Crippen molar-refractivity contribution in [3.05, 3.63) is 24.3 Å². The SMILES string of the molecule is O=C(Nc1cccc(O)c1)C(=O)NC1CCS(=O)(=O)C1. The second kappa shape index (κ2) is 5.49. The number of hydrogen-bond acceptors (Lipinski definition) is 5. The van der Waals surface area contributed by atoms with Crippen LogP contribution in [0.25, 0.3) is 0 Å². The standard InChI is InChI=1S/C12H14N2O5S/c15-10-3-1-2-8(6-10)13-11(16)12(17)14-9-4-5-20(18,19)7-9/h1-3,6,9,15H,4-5,7H2,(H,13,16)(H,14,17). The predicted molar refractivity (Wildman–Crippen MR) is 71.9 cm³/mol. The maximum Gasteiger partial charge on any atom is 0.313 e. The third kappa shape index (κ3) is 3.70. The van der Waals surface area contributed by atoms with Gasteiger partial charge in [0.2, 0.25) is 0 Å².